The summed E-state index contributed by atoms with van der Waals surface area (Å²) in [5.41, 5.74) is 1.99. The van der Waals surface area contributed by atoms with Crippen molar-refractivity contribution in [3.05, 3.63) is 65.2 Å². The fourth-order valence-electron chi connectivity index (χ4n) is 2.32. The quantitative estimate of drug-likeness (QED) is 0.608. The molecule has 7 heteroatoms. The first-order chi connectivity index (χ1) is 12.6. The molecule has 1 amide bonds. The van der Waals surface area contributed by atoms with Crippen molar-refractivity contribution in [2.75, 3.05) is 12.3 Å². The number of nitrogens with zero attached hydrogens (tertiary/aromatic N) is 2. The third kappa shape index (κ3) is 5.09. The van der Waals surface area contributed by atoms with Crippen LogP contribution in [0.1, 0.15) is 18.4 Å². The van der Waals surface area contributed by atoms with Crippen molar-refractivity contribution in [2.24, 2.45) is 0 Å². The number of amides is 1. The summed E-state index contributed by atoms with van der Waals surface area (Å²) in [6.07, 6.45) is 0. The molecule has 0 spiro atoms. The first kappa shape index (κ1) is 18.5. The van der Waals surface area contributed by atoms with Crippen molar-refractivity contribution in [2.45, 2.75) is 18.1 Å². The van der Waals surface area contributed by atoms with Gasteiger partial charge in [0.05, 0.1) is 5.75 Å². The molecule has 5 nitrogen and oxygen atoms in total. The van der Waals surface area contributed by atoms with Crippen molar-refractivity contribution in [3.8, 4) is 11.5 Å². The molecule has 1 atom stereocenters. The second-order valence-electron chi connectivity index (χ2n) is 5.78. The Bertz CT molecular complexity index is 853. The van der Waals surface area contributed by atoms with Crippen LogP contribution in [0.3, 0.4) is 0 Å². The van der Waals surface area contributed by atoms with Gasteiger partial charge in [0, 0.05) is 17.1 Å². The first-order valence-corrected chi connectivity index (χ1v) is 9.52. The Morgan fingerprint density at radius 2 is 1.88 bits per heavy atom. The minimum absolute atomic E-state index is 0.0657. The van der Waals surface area contributed by atoms with E-state index in [0.717, 1.165) is 5.56 Å². The van der Waals surface area contributed by atoms with Gasteiger partial charge in [0.2, 0.25) is 11.8 Å². The van der Waals surface area contributed by atoms with Gasteiger partial charge in [-0.2, -0.15) is 0 Å². The minimum atomic E-state index is -0.0657. The summed E-state index contributed by atoms with van der Waals surface area (Å²) in [4.78, 5) is 12.0. The Labute approximate surface area is 161 Å². The molecule has 1 N–H and O–H groups in total. The Morgan fingerprint density at radius 1 is 1.15 bits per heavy atom. The second kappa shape index (κ2) is 8.87. The molecule has 134 valence electrons. The monoisotopic (exact) mass is 387 g/mol. The molecule has 0 saturated carbocycles. The Balaban J connectivity index is 1.47. The zero-order valence-electron chi connectivity index (χ0n) is 14.2. The molecule has 1 heterocycles. The number of nitrogens with one attached hydrogen (secondary N) is 1. The van der Waals surface area contributed by atoms with E-state index in [4.69, 9.17) is 16.0 Å². The summed E-state index contributed by atoms with van der Waals surface area (Å²) in [5, 5.41) is 11.9. The summed E-state index contributed by atoms with van der Waals surface area (Å²) < 4.78 is 5.57. The lowest BCUT2D eigenvalue weighted by Gasteiger charge is -2.12. The van der Waals surface area contributed by atoms with Gasteiger partial charge in [-0.25, -0.2) is 0 Å². The first-order valence-electron chi connectivity index (χ1n) is 8.15. The molecule has 0 bridgehead atoms. The molecular formula is C19H18ClN3O2S. The predicted octanol–water partition coefficient (Wildman–Crippen LogP) is 4.40. The summed E-state index contributed by atoms with van der Waals surface area (Å²) >= 11 is 7.08. The summed E-state index contributed by atoms with van der Waals surface area (Å²) in [7, 11) is 0. The Hall–Kier alpha value is -2.31. The van der Waals surface area contributed by atoms with Gasteiger partial charge in [0.25, 0.3) is 5.22 Å². The van der Waals surface area contributed by atoms with E-state index in [-0.39, 0.29) is 17.6 Å². The highest BCUT2D eigenvalue weighted by atomic mass is 35.5. The zero-order chi connectivity index (χ0) is 18.4. The lowest BCUT2D eigenvalue weighted by molar-refractivity contribution is -0.118. The number of aromatic nitrogens is 2. The summed E-state index contributed by atoms with van der Waals surface area (Å²) in [6, 6.07) is 17.2. The van der Waals surface area contributed by atoms with Gasteiger partial charge >= 0.3 is 0 Å². The van der Waals surface area contributed by atoms with Crippen LogP contribution >= 0.6 is 23.4 Å². The van der Waals surface area contributed by atoms with Crippen LogP contribution in [0.25, 0.3) is 11.5 Å². The van der Waals surface area contributed by atoms with Gasteiger partial charge < -0.3 is 9.73 Å². The van der Waals surface area contributed by atoms with Crippen molar-refractivity contribution >= 4 is 29.3 Å². The van der Waals surface area contributed by atoms with E-state index >= 15 is 0 Å². The van der Waals surface area contributed by atoms with Gasteiger partial charge in [-0.05, 0) is 35.7 Å². The van der Waals surface area contributed by atoms with Crippen LogP contribution in [0.5, 0.6) is 0 Å². The van der Waals surface area contributed by atoms with Crippen LogP contribution in [-0.2, 0) is 4.79 Å². The molecular weight excluding hydrogens is 370 g/mol. The molecule has 0 aliphatic rings. The molecule has 1 aromatic heterocycles. The molecule has 3 rings (SSSR count). The Morgan fingerprint density at radius 3 is 2.62 bits per heavy atom. The van der Waals surface area contributed by atoms with E-state index in [9.17, 15) is 4.79 Å². The van der Waals surface area contributed by atoms with Crippen molar-refractivity contribution in [1.82, 2.24) is 15.5 Å². The molecule has 0 unspecified atom stereocenters. The lowest BCUT2D eigenvalue weighted by Crippen LogP contribution is -2.28. The van der Waals surface area contributed by atoms with E-state index in [0.29, 0.717) is 22.7 Å². The largest absolute Gasteiger partial charge is 0.411 e. The Kier molecular flexibility index (Phi) is 6.30. The third-order valence-electron chi connectivity index (χ3n) is 3.80. The normalized spacial score (nSPS) is 11.9. The number of carbonyl (C=O) groups is 1. The second-order valence-corrected chi connectivity index (χ2v) is 7.15. The maximum absolute atomic E-state index is 12.0. The number of hydrogen-bond donors (Lipinski definition) is 1. The van der Waals surface area contributed by atoms with Crippen molar-refractivity contribution in [3.63, 3.8) is 0 Å². The smallest absolute Gasteiger partial charge is 0.277 e. The number of hydrogen-bond acceptors (Lipinski definition) is 5. The molecule has 0 radical (unpaired) electrons. The van der Waals surface area contributed by atoms with Crippen LogP contribution in [-0.4, -0.2) is 28.4 Å². The van der Waals surface area contributed by atoms with Crippen LogP contribution in [0.15, 0.2) is 64.2 Å². The number of rotatable bonds is 7. The van der Waals surface area contributed by atoms with E-state index < -0.39 is 0 Å². The SMILES string of the molecule is C[C@@H](CNC(=O)CSc1nnc(-c2ccc(Cl)cc2)o1)c1ccccc1. The highest BCUT2D eigenvalue weighted by Gasteiger charge is 2.12. The summed E-state index contributed by atoms with van der Waals surface area (Å²) in [6.45, 7) is 2.67. The van der Waals surface area contributed by atoms with Gasteiger partial charge in [-0.3, -0.25) is 4.79 Å². The van der Waals surface area contributed by atoms with Gasteiger partial charge in [0.15, 0.2) is 0 Å². The molecule has 2 aromatic carbocycles. The molecule has 26 heavy (non-hydrogen) atoms. The predicted molar refractivity (Wildman–Crippen MR) is 103 cm³/mol. The van der Waals surface area contributed by atoms with Crippen molar-refractivity contribution < 1.29 is 9.21 Å². The maximum Gasteiger partial charge on any atom is 0.277 e. The molecule has 0 saturated heterocycles. The average molecular weight is 388 g/mol. The molecule has 0 fully saturated rings. The van der Waals surface area contributed by atoms with E-state index in [2.05, 4.69) is 34.6 Å². The number of thioether (sulfide) groups is 1. The van der Waals surface area contributed by atoms with Gasteiger partial charge in [-0.15, -0.1) is 10.2 Å². The van der Waals surface area contributed by atoms with E-state index in [1.807, 2.05) is 30.3 Å². The van der Waals surface area contributed by atoms with Crippen LogP contribution in [0.4, 0.5) is 0 Å². The fourth-order valence-corrected chi connectivity index (χ4v) is 3.04. The fraction of sp³-hybridized carbons (Fsp3) is 0.211. The third-order valence-corrected chi connectivity index (χ3v) is 4.87. The number of benzene rings is 2. The van der Waals surface area contributed by atoms with E-state index in [1.54, 1.807) is 12.1 Å². The zero-order valence-corrected chi connectivity index (χ0v) is 15.8. The highest BCUT2D eigenvalue weighted by molar-refractivity contribution is 7.99. The topological polar surface area (TPSA) is 68.0 Å². The lowest BCUT2D eigenvalue weighted by atomic mass is 10.0. The molecule has 3 aromatic rings. The minimum Gasteiger partial charge on any atom is -0.411 e. The van der Waals surface area contributed by atoms with Crippen molar-refractivity contribution in [1.29, 1.82) is 0 Å². The number of carbonyl (C=O) groups excluding carboxylic acids is 1. The average Bonchev–Trinajstić information content (AvgIpc) is 3.14. The van der Waals surface area contributed by atoms with Crippen LogP contribution in [0.2, 0.25) is 5.02 Å². The van der Waals surface area contributed by atoms with Gasteiger partial charge in [-0.1, -0.05) is 60.6 Å². The van der Waals surface area contributed by atoms with Crippen LogP contribution in [0, 0.1) is 0 Å². The maximum atomic E-state index is 12.0. The molecule has 0 aliphatic carbocycles. The highest BCUT2D eigenvalue weighted by Crippen LogP contribution is 2.24. The number of halogens is 1. The van der Waals surface area contributed by atoms with Gasteiger partial charge in [0.1, 0.15) is 0 Å². The molecule has 0 aliphatic heterocycles. The standard InChI is InChI=1S/C19H18ClN3O2S/c1-13(14-5-3-2-4-6-14)11-21-17(24)12-26-19-23-22-18(25-19)15-7-9-16(20)10-8-15/h2-10,13H,11-12H2,1H3,(H,21,24)/t13-/m0/s1. The van der Waals surface area contributed by atoms with Crippen LogP contribution < -0.4 is 5.32 Å². The van der Waals surface area contributed by atoms with E-state index in [1.165, 1.54) is 17.3 Å². The summed E-state index contributed by atoms with van der Waals surface area (Å²) in [5.74, 6) is 0.820.